The molecule has 2 aromatic carbocycles. The first-order valence-corrected chi connectivity index (χ1v) is 9.30. The van der Waals surface area contributed by atoms with E-state index in [1.807, 2.05) is 19.9 Å². The van der Waals surface area contributed by atoms with E-state index < -0.39 is 29.1 Å². The summed E-state index contributed by atoms with van der Waals surface area (Å²) < 4.78 is 17.5. The highest BCUT2D eigenvalue weighted by atomic mass is 16.8. The van der Waals surface area contributed by atoms with Crippen LogP contribution in [0.1, 0.15) is 60.7 Å². The second-order valence-electron chi connectivity index (χ2n) is 7.60. The fraction of sp³-hybridized carbons (Fsp3) is 0.318. The van der Waals surface area contributed by atoms with Gasteiger partial charge in [0.1, 0.15) is 5.75 Å². The number of ether oxygens (including phenoxy) is 3. The van der Waals surface area contributed by atoms with Crippen LogP contribution in [0.25, 0.3) is 0 Å². The molecule has 2 atom stereocenters. The van der Waals surface area contributed by atoms with E-state index in [4.69, 9.17) is 19.9 Å². The Morgan fingerprint density at radius 1 is 1.03 bits per heavy atom. The van der Waals surface area contributed by atoms with E-state index in [0.717, 1.165) is 5.56 Å². The van der Waals surface area contributed by atoms with Crippen LogP contribution in [0.15, 0.2) is 36.4 Å². The lowest BCUT2D eigenvalue weighted by Gasteiger charge is -2.35. The predicted molar refractivity (Wildman–Crippen MR) is 103 cm³/mol. The fourth-order valence-corrected chi connectivity index (χ4v) is 4.20. The van der Waals surface area contributed by atoms with Gasteiger partial charge in [0, 0.05) is 19.5 Å². The van der Waals surface area contributed by atoms with Gasteiger partial charge in [0.05, 0.1) is 16.7 Å². The minimum absolute atomic E-state index is 0.119. The standard InChI is InChI=1S/C22H21NO6/c1-11(2)14-8-9-15-18(10-14)29-22(28-13(4)25)16-6-5-7-17(23)19(16)20(26)21(15,22)27-12(3)24/h5-11H,23H2,1-4H3/t21-,22-/m0/s1. The lowest BCUT2D eigenvalue weighted by atomic mass is 9.85. The second kappa shape index (κ2) is 6.07. The first kappa shape index (κ1) is 19.0. The van der Waals surface area contributed by atoms with Crippen LogP contribution in [0.5, 0.6) is 5.75 Å². The molecule has 29 heavy (non-hydrogen) atoms. The Morgan fingerprint density at radius 2 is 1.72 bits per heavy atom. The first-order chi connectivity index (χ1) is 13.6. The molecular weight excluding hydrogens is 374 g/mol. The predicted octanol–water partition coefficient (Wildman–Crippen LogP) is 3.16. The van der Waals surface area contributed by atoms with Crippen molar-refractivity contribution in [2.75, 3.05) is 5.73 Å². The minimum Gasteiger partial charge on any atom is -0.444 e. The number of carbonyl (C=O) groups is 3. The summed E-state index contributed by atoms with van der Waals surface area (Å²) in [6.07, 6.45) is 0. The number of esters is 2. The number of ketones is 1. The molecule has 0 spiro atoms. The molecule has 2 N–H and O–H groups in total. The van der Waals surface area contributed by atoms with E-state index in [1.165, 1.54) is 13.8 Å². The van der Waals surface area contributed by atoms with Crippen LogP contribution in [-0.4, -0.2) is 17.7 Å². The van der Waals surface area contributed by atoms with E-state index in [2.05, 4.69) is 0 Å². The summed E-state index contributed by atoms with van der Waals surface area (Å²) in [5.41, 5.74) is 5.90. The van der Waals surface area contributed by atoms with Crippen molar-refractivity contribution in [3.8, 4) is 5.75 Å². The minimum atomic E-state index is -2.01. The lowest BCUT2D eigenvalue weighted by Crippen LogP contribution is -2.53. The van der Waals surface area contributed by atoms with Gasteiger partial charge in [-0.25, -0.2) is 0 Å². The molecule has 150 valence electrons. The highest BCUT2D eigenvalue weighted by molar-refractivity contribution is 6.14. The Hall–Kier alpha value is -3.35. The quantitative estimate of drug-likeness (QED) is 0.629. The Kier molecular flexibility index (Phi) is 3.98. The van der Waals surface area contributed by atoms with Crippen molar-refractivity contribution in [2.24, 2.45) is 0 Å². The van der Waals surface area contributed by atoms with Crippen molar-refractivity contribution in [1.82, 2.24) is 0 Å². The molecule has 2 aromatic rings. The molecule has 4 rings (SSSR count). The Balaban J connectivity index is 2.08. The molecule has 7 nitrogen and oxygen atoms in total. The van der Waals surface area contributed by atoms with Gasteiger partial charge in [-0.15, -0.1) is 0 Å². The maximum Gasteiger partial charge on any atom is 0.334 e. The third kappa shape index (κ3) is 2.33. The Morgan fingerprint density at radius 3 is 2.34 bits per heavy atom. The van der Waals surface area contributed by atoms with Gasteiger partial charge in [0.25, 0.3) is 5.60 Å². The normalized spacial score (nSPS) is 23.8. The third-order valence-electron chi connectivity index (χ3n) is 5.35. The van der Waals surface area contributed by atoms with Crippen LogP contribution in [0, 0.1) is 0 Å². The molecule has 0 saturated carbocycles. The largest absolute Gasteiger partial charge is 0.444 e. The van der Waals surface area contributed by atoms with Crippen LogP contribution in [-0.2, 0) is 30.5 Å². The zero-order valence-electron chi connectivity index (χ0n) is 16.6. The van der Waals surface area contributed by atoms with Crippen molar-refractivity contribution in [3.63, 3.8) is 0 Å². The maximum absolute atomic E-state index is 13.7. The molecule has 1 aliphatic heterocycles. The summed E-state index contributed by atoms with van der Waals surface area (Å²) in [5, 5.41) is 0. The molecule has 0 radical (unpaired) electrons. The van der Waals surface area contributed by atoms with Gasteiger partial charge in [-0.05, 0) is 23.6 Å². The van der Waals surface area contributed by atoms with Gasteiger partial charge in [-0.1, -0.05) is 38.1 Å². The molecule has 1 heterocycles. The highest BCUT2D eigenvalue weighted by Gasteiger charge is 2.77. The monoisotopic (exact) mass is 395 g/mol. The summed E-state index contributed by atoms with van der Waals surface area (Å²) in [5.74, 6) is -3.47. The number of fused-ring (bicyclic) bond motifs is 5. The van der Waals surface area contributed by atoms with E-state index in [-0.39, 0.29) is 22.7 Å². The van der Waals surface area contributed by atoms with Crippen LogP contribution >= 0.6 is 0 Å². The number of nitrogen functional groups attached to an aromatic ring is 1. The number of carbonyl (C=O) groups excluding carboxylic acids is 3. The molecule has 1 aliphatic carbocycles. The number of hydrogen-bond donors (Lipinski definition) is 1. The Bertz CT molecular complexity index is 1070. The van der Waals surface area contributed by atoms with E-state index >= 15 is 0 Å². The smallest absolute Gasteiger partial charge is 0.334 e. The summed E-state index contributed by atoms with van der Waals surface area (Å²) in [7, 11) is 0. The van der Waals surface area contributed by atoms with Crippen molar-refractivity contribution in [2.45, 2.75) is 45.0 Å². The zero-order chi connectivity index (χ0) is 21.1. The third-order valence-corrected chi connectivity index (χ3v) is 5.35. The van der Waals surface area contributed by atoms with Gasteiger partial charge in [0.15, 0.2) is 0 Å². The highest BCUT2D eigenvalue weighted by Crippen LogP contribution is 2.63. The molecule has 0 saturated heterocycles. The van der Waals surface area contributed by atoms with Crippen LogP contribution in [0.3, 0.4) is 0 Å². The molecule has 0 unspecified atom stereocenters. The molecule has 0 amide bonds. The van der Waals surface area contributed by atoms with Crippen LogP contribution in [0.4, 0.5) is 5.69 Å². The number of benzene rings is 2. The van der Waals surface area contributed by atoms with Crippen molar-refractivity contribution in [1.29, 1.82) is 0 Å². The average Bonchev–Trinajstić information content (AvgIpc) is 2.99. The lowest BCUT2D eigenvalue weighted by molar-refractivity contribution is -0.254. The molecule has 7 heteroatoms. The van der Waals surface area contributed by atoms with Gasteiger partial charge < -0.3 is 19.9 Å². The molecular formula is C22H21NO6. The van der Waals surface area contributed by atoms with Crippen LogP contribution in [0.2, 0.25) is 0 Å². The van der Waals surface area contributed by atoms with E-state index in [0.29, 0.717) is 11.3 Å². The molecule has 2 aliphatic rings. The number of nitrogens with two attached hydrogens (primary N) is 1. The maximum atomic E-state index is 13.7. The fourth-order valence-electron chi connectivity index (χ4n) is 4.20. The molecule has 0 bridgehead atoms. The van der Waals surface area contributed by atoms with Crippen molar-refractivity contribution in [3.05, 3.63) is 58.7 Å². The van der Waals surface area contributed by atoms with Gasteiger partial charge in [-0.2, -0.15) is 0 Å². The molecule has 0 fully saturated rings. The number of rotatable bonds is 3. The summed E-state index contributed by atoms with van der Waals surface area (Å²) in [6, 6.07) is 10.1. The summed E-state index contributed by atoms with van der Waals surface area (Å²) in [6.45, 7) is 6.42. The van der Waals surface area contributed by atoms with Crippen LogP contribution < -0.4 is 10.5 Å². The van der Waals surface area contributed by atoms with Gasteiger partial charge in [0.2, 0.25) is 5.78 Å². The topological polar surface area (TPSA) is 105 Å². The zero-order valence-corrected chi connectivity index (χ0v) is 16.6. The van der Waals surface area contributed by atoms with Gasteiger partial charge >= 0.3 is 17.7 Å². The second-order valence-corrected chi connectivity index (χ2v) is 7.60. The SMILES string of the molecule is CC(=O)O[C@@]12Oc3cc(C(C)C)ccc3[C@]1(OC(C)=O)C(=O)c1c(N)cccc12. The molecule has 0 aromatic heterocycles. The number of hydrogen-bond acceptors (Lipinski definition) is 7. The first-order valence-electron chi connectivity index (χ1n) is 9.30. The van der Waals surface area contributed by atoms with Gasteiger partial charge in [-0.3, -0.25) is 14.4 Å². The van der Waals surface area contributed by atoms with E-state index in [1.54, 1.807) is 30.3 Å². The number of Topliss-reactive ketones (excluding diaryl/α,β-unsaturated/α-hetero) is 1. The summed E-state index contributed by atoms with van der Waals surface area (Å²) in [4.78, 5) is 37.9. The van der Waals surface area contributed by atoms with Crippen molar-refractivity contribution < 1.29 is 28.6 Å². The Labute approximate surface area is 167 Å². The summed E-state index contributed by atoms with van der Waals surface area (Å²) >= 11 is 0. The van der Waals surface area contributed by atoms with Crippen molar-refractivity contribution >= 4 is 23.4 Å². The van der Waals surface area contributed by atoms with E-state index in [9.17, 15) is 14.4 Å². The number of anilines is 1. The average molecular weight is 395 g/mol.